The van der Waals surface area contributed by atoms with Gasteiger partial charge in [0.2, 0.25) is 0 Å². The Morgan fingerprint density at radius 2 is 1.12 bits per heavy atom. The highest BCUT2D eigenvalue weighted by atomic mass is 35.5. The number of rotatable bonds is 5. The van der Waals surface area contributed by atoms with Crippen molar-refractivity contribution in [1.29, 1.82) is 0 Å². The number of aryl methyl sites for hydroxylation is 2. The third kappa shape index (κ3) is 8.64. The molecule has 0 nitrogen and oxygen atoms in total. The maximum atomic E-state index is 9.75. The van der Waals surface area contributed by atoms with Gasteiger partial charge in [-0.1, -0.05) is 35.4 Å². The van der Waals surface area contributed by atoms with E-state index in [1.54, 1.807) is 0 Å². The van der Waals surface area contributed by atoms with E-state index in [0.29, 0.717) is 0 Å². The van der Waals surface area contributed by atoms with Gasteiger partial charge in [-0.3, -0.25) is 0 Å². The standard InChI is InChI=1S/C17H20ClS.BF4/c1-14-4-8-16(9-5-14)19(13-3-12-18)17-10-6-15(2)7-11-17;2-1(3,4)5/h4-11H,3,12-13H2,1-2H3;/q+1;-1. The fraction of sp³-hybridized carbons (Fsp3) is 0.294. The molecule has 0 spiro atoms. The first kappa shape index (κ1) is 20.9. The third-order valence-corrected chi connectivity index (χ3v) is 5.74. The van der Waals surface area contributed by atoms with Gasteiger partial charge < -0.3 is 17.3 Å². The molecule has 0 aromatic heterocycles. The summed E-state index contributed by atoms with van der Waals surface area (Å²) in [4.78, 5) is 2.83. The van der Waals surface area contributed by atoms with E-state index < -0.39 is 7.25 Å². The van der Waals surface area contributed by atoms with Crippen LogP contribution in [0.1, 0.15) is 17.5 Å². The zero-order chi connectivity index (χ0) is 18.2. The molecule has 0 unspecified atom stereocenters. The highest BCUT2D eigenvalue weighted by Crippen LogP contribution is 2.25. The van der Waals surface area contributed by atoms with E-state index in [4.69, 9.17) is 11.6 Å². The normalized spacial score (nSPS) is 11.2. The molecule has 0 fully saturated rings. The van der Waals surface area contributed by atoms with Crippen molar-refractivity contribution in [1.82, 2.24) is 0 Å². The van der Waals surface area contributed by atoms with Crippen molar-refractivity contribution in [3.63, 3.8) is 0 Å². The average Bonchev–Trinajstić information content (AvgIpc) is 2.49. The molecule has 0 atom stereocenters. The molecule has 7 heteroatoms. The fourth-order valence-corrected chi connectivity index (χ4v) is 4.37. The lowest BCUT2D eigenvalue weighted by Crippen LogP contribution is -2.09. The van der Waals surface area contributed by atoms with Crippen LogP contribution in [0.25, 0.3) is 0 Å². The van der Waals surface area contributed by atoms with Gasteiger partial charge in [0.05, 0.1) is 10.9 Å². The Hall–Kier alpha value is -1.14. The van der Waals surface area contributed by atoms with E-state index >= 15 is 0 Å². The molecule has 0 saturated heterocycles. The monoisotopic (exact) mass is 378 g/mol. The molecule has 0 N–H and O–H groups in total. The highest BCUT2D eigenvalue weighted by molar-refractivity contribution is 7.97. The summed E-state index contributed by atoms with van der Waals surface area (Å²) in [5.41, 5.74) is 2.63. The van der Waals surface area contributed by atoms with Crippen LogP contribution < -0.4 is 0 Å². The van der Waals surface area contributed by atoms with Crippen molar-refractivity contribution in [2.24, 2.45) is 0 Å². The lowest BCUT2D eigenvalue weighted by molar-refractivity contribution is 0.368. The Morgan fingerprint density at radius 1 is 0.792 bits per heavy atom. The molecule has 0 aliphatic rings. The summed E-state index contributed by atoms with van der Waals surface area (Å²) < 4.78 is 39.0. The molecule has 2 aromatic rings. The first-order valence-corrected chi connectivity index (χ1v) is 9.41. The zero-order valence-corrected chi connectivity index (χ0v) is 15.2. The minimum atomic E-state index is -6.00. The van der Waals surface area contributed by atoms with Crippen molar-refractivity contribution in [3.8, 4) is 0 Å². The number of hydrogen-bond acceptors (Lipinski definition) is 0. The van der Waals surface area contributed by atoms with E-state index in [9.17, 15) is 17.3 Å². The van der Waals surface area contributed by atoms with Gasteiger partial charge in [-0.15, -0.1) is 11.6 Å². The van der Waals surface area contributed by atoms with Crippen LogP contribution in [0.3, 0.4) is 0 Å². The van der Waals surface area contributed by atoms with E-state index in [1.807, 2.05) is 0 Å². The predicted molar refractivity (Wildman–Crippen MR) is 96.6 cm³/mol. The Kier molecular flexibility index (Phi) is 8.70. The summed E-state index contributed by atoms with van der Waals surface area (Å²) in [6.45, 7) is 4.26. The maximum Gasteiger partial charge on any atom is 0.673 e. The Morgan fingerprint density at radius 3 is 1.42 bits per heavy atom. The molecular weight excluding hydrogens is 359 g/mol. The van der Waals surface area contributed by atoms with Gasteiger partial charge in [0, 0.05) is 12.3 Å². The SMILES string of the molecule is Cc1ccc([S+](CCCCl)c2ccc(C)cc2)cc1.F[B-](F)(F)F. The van der Waals surface area contributed by atoms with Crippen LogP contribution in [0, 0.1) is 13.8 Å². The van der Waals surface area contributed by atoms with Crippen LogP contribution in [0.5, 0.6) is 0 Å². The lowest BCUT2D eigenvalue weighted by Gasteiger charge is -2.08. The van der Waals surface area contributed by atoms with E-state index in [0.717, 1.165) is 18.1 Å². The van der Waals surface area contributed by atoms with Gasteiger partial charge in [-0.2, -0.15) is 0 Å². The summed E-state index contributed by atoms with van der Waals surface area (Å²) in [5, 5.41) is 0. The Bertz CT molecular complexity index is 548. The second-order valence-electron chi connectivity index (χ2n) is 5.26. The first-order chi connectivity index (χ1) is 11.2. The largest absolute Gasteiger partial charge is 0.673 e. The van der Waals surface area contributed by atoms with Crippen LogP contribution in [0.2, 0.25) is 0 Å². The minimum absolute atomic E-state index is 0.148. The molecule has 0 bridgehead atoms. The van der Waals surface area contributed by atoms with E-state index in [-0.39, 0.29) is 10.9 Å². The molecule has 2 aromatic carbocycles. The molecule has 2 rings (SSSR count). The third-order valence-electron chi connectivity index (χ3n) is 3.09. The highest BCUT2D eigenvalue weighted by Gasteiger charge is 2.24. The smallest absolute Gasteiger partial charge is 0.418 e. The summed E-state index contributed by atoms with van der Waals surface area (Å²) in [7, 11) is -5.85. The van der Waals surface area contributed by atoms with Crippen molar-refractivity contribution in [2.45, 2.75) is 30.1 Å². The predicted octanol–water partition coefficient (Wildman–Crippen LogP) is 6.27. The van der Waals surface area contributed by atoms with Crippen molar-refractivity contribution in [2.75, 3.05) is 11.6 Å². The molecule has 0 aliphatic heterocycles. The average molecular weight is 379 g/mol. The summed E-state index contributed by atoms with van der Waals surface area (Å²) in [6, 6.07) is 17.8. The van der Waals surface area contributed by atoms with Crippen LogP contribution in [0.15, 0.2) is 58.3 Å². The molecule has 0 amide bonds. The molecule has 0 heterocycles. The van der Waals surface area contributed by atoms with Gasteiger partial charge >= 0.3 is 7.25 Å². The summed E-state index contributed by atoms with van der Waals surface area (Å²) in [6.07, 6.45) is 1.06. The van der Waals surface area contributed by atoms with Gasteiger partial charge in [-0.25, -0.2) is 0 Å². The van der Waals surface area contributed by atoms with Crippen LogP contribution in [-0.2, 0) is 10.9 Å². The number of hydrogen-bond donors (Lipinski definition) is 0. The second-order valence-corrected chi connectivity index (χ2v) is 7.77. The zero-order valence-electron chi connectivity index (χ0n) is 13.6. The van der Waals surface area contributed by atoms with E-state index in [2.05, 4.69) is 62.4 Å². The Balaban J connectivity index is 0.000000505. The molecule has 24 heavy (non-hydrogen) atoms. The second kappa shape index (κ2) is 9.99. The molecule has 0 aliphatic carbocycles. The first-order valence-electron chi connectivity index (χ1n) is 7.48. The minimum Gasteiger partial charge on any atom is -0.418 e. The molecule has 0 saturated carbocycles. The Labute approximate surface area is 148 Å². The number of benzene rings is 2. The van der Waals surface area contributed by atoms with Crippen molar-refractivity contribution >= 4 is 29.8 Å². The van der Waals surface area contributed by atoms with E-state index in [1.165, 1.54) is 20.9 Å². The van der Waals surface area contributed by atoms with Crippen molar-refractivity contribution < 1.29 is 17.3 Å². The molecule has 0 radical (unpaired) electrons. The van der Waals surface area contributed by atoms with Crippen LogP contribution >= 0.6 is 11.6 Å². The van der Waals surface area contributed by atoms with Gasteiger partial charge in [0.1, 0.15) is 5.75 Å². The topological polar surface area (TPSA) is 0 Å². The van der Waals surface area contributed by atoms with Gasteiger partial charge in [-0.05, 0) is 38.1 Å². The quantitative estimate of drug-likeness (QED) is 0.249. The number of halogens is 5. The lowest BCUT2D eigenvalue weighted by atomic mass is 10.2. The molecule has 132 valence electrons. The number of alkyl halides is 1. The van der Waals surface area contributed by atoms with Crippen molar-refractivity contribution in [3.05, 3.63) is 59.7 Å². The van der Waals surface area contributed by atoms with Gasteiger partial charge in [0.15, 0.2) is 9.79 Å². The maximum absolute atomic E-state index is 9.75. The fourth-order valence-electron chi connectivity index (χ4n) is 1.98. The molecular formula is C17H20BClF4S. The van der Waals surface area contributed by atoms with Crippen LogP contribution in [-0.4, -0.2) is 18.9 Å². The van der Waals surface area contributed by atoms with Crippen LogP contribution in [0.4, 0.5) is 17.3 Å². The van der Waals surface area contributed by atoms with Gasteiger partial charge in [0.25, 0.3) is 0 Å². The summed E-state index contributed by atoms with van der Waals surface area (Å²) in [5.74, 6) is 1.87. The summed E-state index contributed by atoms with van der Waals surface area (Å²) >= 11 is 5.88.